The van der Waals surface area contributed by atoms with Gasteiger partial charge in [0.1, 0.15) is 5.76 Å². The Balaban J connectivity index is 1.62. The molecule has 0 amide bonds. The van der Waals surface area contributed by atoms with Crippen molar-refractivity contribution < 1.29 is 9.21 Å². The molecule has 29 heavy (non-hydrogen) atoms. The van der Waals surface area contributed by atoms with Crippen molar-refractivity contribution in [2.75, 3.05) is 5.32 Å². The van der Waals surface area contributed by atoms with Gasteiger partial charge in [-0.25, -0.2) is 4.68 Å². The standard InChI is InChI=1S/C24H21N3O2/c1-16-7-5-8-18(13-16)25-24-23-20(27(26-24)19-9-3-2-4-10-19)14-17(15-21(23)28)22-11-6-12-29-22/h2-13,17H,14-15H2,1H3,(H,25,26). The maximum atomic E-state index is 13.2. The number of para-hydroxylation sites is 1. The fraction of sp³-hybridized carbons (Fsp3) is 0.167. The van der Waals surface area contributed by atoms with Crippen LogP contribution < -0.4 is 5.32 Å². The molecule has 2 aromatic carbocycles. The summed E-state index contributed by atoms with van der Waals surface area (Å²) < 4.78 is 7.49. The number of anilines is 2. The van der Waals surface area contributed by atoms with Crippen LogP contribution in [0, 0.1) is 6.92 Å². The number of benzene rings is 2. The Kier molecular flexibility index (Phi) is 4.28. The third kappa shape index (κ3) is 3.25. The molecule has 0 bridgehead atoms. The summed E-state index contributed by atoms with van der Waals surface area (Å²) in [6, 6.07) is 21.8. The van der Waals surface area contributed by atoms with Gasteiger partial charge >= 0.3 is 0 Å². The number of carbonyl (C=O) groups is 1. The Morgan fingerprint density at radius 2 is 1.90 bits per heavy atom. The molecular weight excluding hydrogens is 362 g/mol. The highest BCUT2D eigenvalue weighted by molar-refractivity contribution is 6.03. The van der Waals surface area contributed by atoms with Crippen molar-refractivity contribution in [3.8, 4) is 5.69 Å². The molecule has 2 aromatic heterocycles. The SMILES string of the molecule is Cc1cccc(Nc2nn(-c3ccccc3)c3c2C(=O)CC(c2ccco2)C3)c1. The lowest BCUT2D eigenvalue weighted by Gasteiger charge is -2.21. The monoisotopic (exact) mass is 383 g/mol. The summed E-state index contributed by atoms with van der Waals surface area (Å²) >= 11 is 0. The van der Waals surface area contributed by atoms with Crippen LogP contribution in [0.1, 0.15) is 39.7 Å². The van der Waals surface area contributed by atoms with Crippen LogP contribution in [0.5, 0.6) is 0 Å². The van der Waals surface area contributed by atoms with E-state index in [2.05, 4.69) is 5.32 Å². The number of aromatic nitrogens is 2. The van der Waals surface area contributed by atoms with Gasteiger partial charge in [-0.1, -0.05) is 30.3 Å². The van der Waals surface area contributed by atoms with Crippen LogP contribution in [-0.2, 0) is 6.42 Å². The molecule has 5 heteroatoms. The minimum Gasteiger partial charge on any atom is -0.469 e. The second kappa shape index (κ2) is 7.09. The summed E-state index contributed by atoms with van der Waals surface area (Å²) in [6.07, 6.45) is 2.78. The number of hydrogen-bond donors (Lipinski definition) is 1. The van der Waals surface area contributed by atoms with Crippen LogP contribution in [0.15, 0.2) is 77.4 Å². The molecule has 0 radical (unpaired) electrons. The molecule has 1 aliphatic rings. The number of carbonyl (C=O) groups excluding carboxylic acids is 1. The zero-order chi connectivity index (χ0) is 19.8. The Labute approximate surface area is 169 Å². The van der Waals surface area contributed by atoms with E-state index < -0.39 is 0 Å². The van der Waals surface area contributed by atoms with Gasteiger partial charge in [0.05, 0.1) is 23.2 Å². The highest BCUT2D eigenvalue weighted by Crippen LogP contribution is 2.38. The van der Waals surface area contributed by atoms with Gasteiger partial charge < -0.3 is 9.73 Å². The molecule has 0 aliphatic heterocycles. The number of rotatable bonds is 4. The topological polar surface area (TPSA) is 60.1 Å². The summed E-state index contributed by atoms with van der Waals surface area (Å²) in [7, 11) is 0. The lowest BCUT2D eigenvalue weighted by Crippen LogP contribution is -2.20. The zero-order valence-corrected chi connectivity index (χ0v) is 16.1. The quantitative estimate of drug-likeness (QED) is 0.510. The van der Waals surface area contributed by atoms with E-state index in [-0.39, 0.29) is 11.7 Å². The van der Waals surface area contributed by atoms with Crippen molar-refractivity contribution in [1.82, 2.24) is 9.78 Å². The Morgan fingerprint density at radius 3 is 2.66 bits per heavy atom. The van der Waals surface area contributed by atoms with Crippen LogP contribution in [0.25, 0.3) is 5.69 Å². The molecular formula is C24H21N3O2. The van der Waals surface area contributed by atoms with Crippen LogP contribution in [0.4, 0.5) is 11.5 Å². The number of furan rings is 1. The second-order valence-corrected chi connectivity index (χ2v) is 7.46. The van der Waals surface area contributed by atoms with Gasteiger partial charge in [0.25, 0.3) is 0 Å². The van der Waals surface area contributed by atoms with Gasteiger partial charge in [0.2, 0.25) is 0 Å². The first-order chi connectivity index (χ1) is 14.2. The molecule has 144 valence electrons. The summed E-state index contributed by atoms with van der Waals surface area (Å²) in [5.41, 5.74) is 4.61. The summed E-state index contributed by atoms with van der Waals surface area (Å²) in [5.74, 6) is 1.57. The highest BCUT2D eigenvalue weighted by atomic mass is 16.3. The predicted molar refractivity (Wildman–Crippen MR) is 112 cm³/mol. The first-order valence-corrected chi connectivity index (χ1v) is 9.76. The summed E-state index contributed by atoms with van der Waals surface area (Å²) in [6.45, 7) is 2.04. The number of ketones is 1. The minimum absolute atomic E-state index is 0.0241. The molecule has 0 spiro atoms. The number of fused-ring (bicyclic) bond motifs is 1. The van der Waals surface area contributed by atoms with E-state index in [1.807, 2.05) is 78.3 Å². The van der Waals surface area contributed by atoms with Gasteiger partial charge in [-0.05, 0) is 48.9 Å². The fourth-order valence-corrected chi connectivity index (χ4v) is 4.02. The predicted octanol–water partition coefficient (Wildman–Crippen LogP) is 5.43. The molecule has 1 unspecified atom stereocenters. The molecule has 1 atom stereocenters. The van der Waals surface area contributed by atoms with E-state index >= 15 is 0 Å². The molecule has 5 rings (SSSR count). The van der Waals surface area contributed by atoms with Gasteiger partial charge in [-0.3, -0.25) is 4.79 Å². The second-order valence-electron chi connectivity index (χ2n) is 7.46. The molecule has 0 saturated carbocycles. The maximum absolute atomic E-state index is 13.2. The average molecular weight is 383 g/mol. The van der Waals surface area contributed by atoms with Crippen molar-refractivity contribution >= 4 is 17.3 Å². The molecule has 1 N–H and O–H groups in total. The fourth-order valence-electron chi connectivity index (χ4n) is 4.02. The summed E-state index contributed by atoms with van der Waals surface area (Å²) in [5, 5.41) is 8.17. The van der Waals surface area contributed by atoms with Crippen molar-refractivity contribution in [2.45, 2.75) is 25.7 Å². The van der Waals surface area contributed by atoms with E-state index in [9.17, 15) is 4.79 Å². The van der Waals surface area contributed by atoms with Crippen LogP contribution in [0.2, 0.25) is 0 Å². The van der Waals surface area contributed by atoms with Crippen molar-refractivity contribution in [3.63, 3.8) is 0 Å². The van der Waals surface area contributed by atoms with Gasteiger partial charge in [-0.2, -0.15) is 0 Å². The lowest BCUT2D eigenvalue weighted by atomic mass is 9.85. The van der Waals surface area contributed by atoms with Gasteiger partial charge in [-0.15, -0.1) is 5.10 Å². The minimum atomic E-state index is 0.0241. The van der Waals surface area contributed by atoms with E-state index in [1.54, 1.807) is 6.26 Å². The molecule has 0 saturated heterocycles. The molecule has 0 fully saturated rings. The number of nitrogens with zero attached hydrogens (tertiary/aromatic N) is 2. The molecule has 5 nitrogen and oxygen atoms in total. The van der Waals surface area contributed by atoms with E-state index in [1.165, 1.54) is 0 Å². The van der Waals surface area contributed by atoms with E-state index in [0.717, 1.165) is 28.4 Å². The van der Waals surface area contributed by atoms with Crippen LogP contribution >= 0.6 is 0 Å². The Bertz CT molecular complexity index is 1160. The Morgan fingerprint density at radius 1 is 1.03 bits per heavy atom. The molecule has 2 heterocycles. The number of nitrogens with one attached hydrogen (secondary N) is 1. The highest BCUT2D eigenvalue weighted by Gasteiger charge is 2.34. The smallest absolute Gasteiger partial charge is 0.169 e. The normalized spacial score (nSPS) is 15.9. The van der Waals surface area contributed by atoms with Crippen LogP contribution in [-0.4, -0.2) is 15.6 Å². The maximum Gasteiger partial charge on any atom is 0.169 e. The Hall–Kier alpha value is -3.60. The number of aryl methyl sites for hydroxylation is 1. The van der Waals surface area contributed by atoms with E-state index in [0.29, 0.717) is 24.2 Å². The average Bonchev–Trinajstić information content (AvgIpc) is 3.37. The number of hydrogen-bond acceptors (Lipinski definition) is 4. The van der Waals surface area contributed by atoms with Gasteiger partial charge in [0.15, 0.2) is 11.6 Å². The molecule has 4 aromatic rings. The first kappa shape index (κ1) is 17.5. The molecule has 1 aliphatic carbocycles. The van der Waals surface area contributed by atoms with Crippen molar-refractivity contribution in [3.05, 3.63) is 95.6 Å². The van der Waals surface area contributed by atoms with E-state index in [4.69, 9.17) is 9.52 Å². The largest absolute Gasteiger partial charge is 0.469 e. The summed E-state index contributed by atoms with van der Waals surface area (Å²) in [4.78, 5) is 13.2. The zero-order valence-electron chi connectivity index (χ0n) is 16.1. The third-order valence-corrected chi connectivity index (χ3v) is 5.36. The van der Waals surface area contributed by atoms with Crippen molar-refractivity contribution in [2.24, 2.45) is 0 Å². The van der Waals surface area contributed by atoms with Crippen molar-refractivity contribution in [1.29, 1.82) is 0 Å². The third-order valence-electron chi connectivity index (χ3n) is 5.36. The lowest BCUT2D eigenvalue weighted by molar-refractivity contribution is 0.0960. The first-order valence-electron chi connectivity index (χ1n) is 9.76. The number of Topliss-reactive ketones (excluding diaryl/α,β-unsaturated/α-hetero) is 1. The van der Waals surface area contributed by atoms with Gasteiger partial charge in [0, 0.05) is 24.4 Å². The van der Waals surface area contributed by atoms with Crippen LogP contribution in [0.3, 0.4) is 0 Å².